The number of anilines is 2. The summed E-state index contributed by atoms with van der Waals surface area (Å²) < 4.78 is 5.41. The van der Waals surface area contributed by atoms with Gasteiger partial charge in [-0.1, -0.05) is 24.7 Å². The molecule has 0 bridgehead atoms. The molecule has 0 aliphatic carbocycles. The molecule has 2 aromatic carbocycles. The SMILES string of the molecule is CCCCc1nnc(NC(=O)c2ccc3c(c2)C(=O)N(c2ccc(OCC)cc2)C3=O)s1. The molecule has 3 aromatic rings. The zero-order valence-electron chi connectivity index (χ0n) is 17.8. The van der Waals surface area contributed by atoms with Crippen LogP contribution in [0.3, 0.4) is 0 Å². The van der Waals surface area contributed by atoms with E-state index < -0.39 is 17.7 Å². The minimum absolute atomic E-state index is 0.192. The summed E-state index contributed by atoms with van der Waals surface area (Å²) in [7, 11) is 0. The lowest BCUT2D eigenvalue weighted by Gasteiger charge is -2.14. The molecule has 0 atom stereocenters. The van der Waals surface area contributed by atoms with E-state index in [1.807, 2.05) is 6.92 Å². The third-order valence-corrected chi connectivity index (χ3v) is 5.88. The highest BCUT2D eigenvalue weighted by Crippen LogP contribution is 2.30. The predicted octanol–water partition coefficient (Wildman–Crippen LogP) is 4.33. The van der Waals surface area contributed by atoms with Crippen molar-refractivity contribution in [3.63, 3.8) is 0 Å². The van der Waals surface area contributed by atoms with Crippen molar-refractivity contribution in [3.8, 4) is 5.75 Å². The fraction of sp³-hybridized carbons (Fsp3) is 0.261. The van der Waals surface area contributed by atoms with Crippen molar-refractivity contribution < 1.29 is 19.1 Å². The maximum Gasteiger partial charge on any atom is 0.266 e. The van der Waals surface area contributed by atoms with Gasteiger partial charge in [0.2, 0.25) is 5.13 Å². The van der Waals surface area contributed by atoms with E-state index in [1.165, 1.54) is 29.5 Å². The fourth-order valence-electron chi connectivity index (χ4n) is 3.38. The molecule has 1 aliphatic rings. The van der Waals surface area contributed by atoms with Crippen LogP contribution in [0, 0.1) is 0 Å². The number of ether oxygens (including phenoxy) is 1. The van der Waals surface area contributed by atoms with Gasteiger partial charge in [-0.3, -0.25) is 19.7 Å². The molecule has 164 valence electrons. The van der Waals surface area contributed by atoms with Crippen molar-refractivity contribution in [3.05, 3.63) is 64.2 Å². The predicted molar refractivity (Wildman–Crippen MR) is 122 cm³/mol. The molecule has 0 spiro atoms. The molecule has 0 fully saturated rings. The highest BCUT2D eigenvalue weighted by atomic mass is 32.1. The van der Waals surface area contributed by atoms with Gasteiger partial charge >= 0.3 is 0 Å². The van der Waals surface area contributed by atoms with Crippen molar-refractivity contribution in [1.29, 1.82) is 0 Å². The molecule has 0 radical (unpaired) electrons. The molecule has 0 unspecified atom stereocenters. The van der Waals surface area contributed by atoms with Crippen molar-refractivity contribution in [2.45, 2.75) is 33.1 Å². The van der Waals surface area contributed by atoms with E-state index in [2.05, 4.69) is 22.4 Å². The summed E-state index contributed by atoms with van der Waals surface area (Å²) >= 11 is 1.33. The second-order valence-corrected chi connectivity index (χ2v) is 8.25. The Morgan fingerprint density at radius 3 is 2.50 bits per heavy atom. The van der Waals surface area contributed by atoms with Crippen LogP contribution in [0.4, 0.5) is 10.8 Å². The van der Waals surface area contributed by atoms with Gasteiger partial charge in [-0.2, -0.15) is 0 Å². The standard InChI is InChI=1S/C23H22N4O4S/c1-3-5-6-19-25-26-23(32-19)24-20(28)14-7-12-17-18(13-14)22(30)27(21(17)29)15-8-10-16(11-9-15)31-4-2/h7-13H,3-6H2,1-2H3,(H,24,26,28). The molecule has 8 nitrogen and oxygen atoms in total. The third-order valence-electron chi connectivity index (χ3n) is 4.99. The number of rotatable bonds is 8. The van der Waals surface area contributed by atoms with Gasteiger partial charge in [0, 0.05) is 12.0 Å². The molecule has 9 heteroatoms. The zero-order valence-corrected chi connectivity index (χ0v) is 18.6. The second-order valence-electron chi connectivity index (χ2n) is 7.19. The lowest BCUT2D eigenvalue weighted by molar-refractivity contribution is 0.0925. The van der Waals surface area contributed by atoms with E-state index in [-0.39, 0.29) is 16.7 Å². The lowest BCUT2D eigenvalue weighted by atomic mass is 10.1. The summed E-state index contributed by atoms with van der Waals surface area (Å²) in [6.45, 7) is 4.50. The quantitative estimate of drug-likeness (QED) is 0.513. The molecule has 1 N–H and O–H groups in total. The van der Waals surface area contributed by atoms with Crippen molar-refractivity contribution in [2.75, 3.05) is 16.8 Å². The fourth-order valence-corrected chi connectivity index (χ4v) is 4.15. The Morgan fingerprint density at radius 2 is 1.78 bits per heavy atom. The highest BCUT2D eigenvalue weighted by molar-refractivity contribution is 7.15. The molecule has 1 aliphatic heterocycles. The summed E-state index contributed by atoms with van der Waals surface area (Å²) in [5.41, 5.74) is 1.17. The minimum Gasteiger partial charge on any atom is -0.494 e. The molecule has 0 saturated heterocycles. The number of unbranched alkanes of at least 4 members (excludes halogenated alkanes) is 1. The number of carbonyl (C=O) groups is 3. The third kappa shape index (κ3) is 4.24. The van der Waals surface area contributed by atoms with Crippen molar-refractivity contribution in [2.24, 2.45) is 0 Å². The monoisotopic (exact) mass is 450 g/mol. The number of aryl methyl sites for hydroxylation is 1. The first kappa shape index (κ1) is 21.6. The van der Waals surface area contributed by atoms with Gasteiger partial charge in [0.15, 0.2) is 0 Å². The van der Waals surface area contributed by atoms with Crippen molar-refractivity contribution >= 4 is 39.9 Å². The van der Waals surface area contributed by atoms with Gasteiger partial charge in [0.05, 0.1) is 23.4 Å². The number of benzene rings is 2. The van der Waals surface area contributed by atoms with Crippen LogP contribution in [-0.4, -0.2) is 34.5 Å². The number of hydrogen-bond acceptors (Lipinski definition) is 7. The molecular weight excluding hydrogens is 428 g/mol. The van der Waals surface area contributed by atoms with E-state index in [9.17, 15) is 14.4 Å². The molecule has 4 rings (SSSR count). The number of hydrogen-bond donors (Lipinski definition) is 1. The van der Waals surface area contributed by atoms with E-state index in [4.69, 9.17) is 4.74 Å². The van der Waals surface area contributed by atoms with Gasteiger partial charge in [-0.05, 0) is 55.8 Å². The van der Waals surface area contributed by atoms with Crippen LogP contribution in [0.25, 0.3) is 0 Å². The van der Waals surface area contributed by atoms with E-state index in [0.717, 1.165) is 29.2 Å². The Bertz CT molecular complexity index is 1170. The maximum absolute atomic E-state index is 13.0. The van der Waals surface area contributed by atoms with Gasteiger partial charge in [0.1, 0.15) is 10.8 Å². The number of aromatic nitrogens is 2. The molecule has 2 heterocycles. The van der Waals surface area contributed by atoms with Crippen LogP contribution in [0.1, 0.15) is 62.8 Å². The first-order valence-corrected chi connectivity index (χ1v) is 11.2. The largest absolute Gasteiger partial charge is 0.494 e. The average Bonchev–Trinajstić information content (AvgIpc) is 3.35. The smallest absolute Gasteiger partial charge is 0.266 e. The Labute approximate surface area is 189 Å². The van der Waals surface area contributed by atoms with Crippen molar-refractivity contribution in [1.82, 2.24) is 10.2 Å². The highest BCUT2D eigenvalue weighted by Gasteiger charge is 2.37. The van der Waals surface area contributed by atoms with Crippen LogP contribution in [0.2, 0.25) is 0 Å². The Balaban J connectivity index is 1.52. The first-order valence-electron chi connectivity index (χ1n) is 10.4. The Hall–Kier alpha value is -3.59. The van der Waals surface area contributed by atoms with Crippen LogP contribution in [0.5, 0.6) is 5.75 Å². The molecule has 0 saturated carbocycles. The number of nitrogens with one attached hydrogen (secondary N) is 1. The van der Waals surface area contributed by atoms with Crippen LogP contribution in [-0.2, 0) is 6.42 Å². The summed E-state index contributed by atoms with van der Waals surface area (Å²) in [6, 6.07) is 11.2. The Morgan fingerprint density at radius 1 is 1.03 bits per heavy atom. The summed E-state index contributed by atoms with van der Waals surface area (Å²) in [6.07, 6.45) is 2.88. The topological polar surface area (TPSA) is 101 Å². The number of fused-ring (bicyclic) bond motifs is 1. The number of nitrogens with zero attached hydrogens (tertiary/aromatic N) is 3. The molecule has 1 aromatic heterocycles. The zero-order chi connectivity index (χ0) is 22.7. The van der Waals surface area contributed by atoms with Gasteiger partial charge in [0.25, 0.3) is 17.7 Å². The van der Waals surface area contributed by atoms with Gasteiger partial charge < -0.3 is 4.74 Å². The normalized spacial score (nSPS) is 12.8. The van der Waals surface area contributed by atoms with Crippen LogP contribution >= 0.6 is 11.3 Å². The van der Waals surface area contributed by atoms with E-state index in [0.29, 0.717) is 23.2 Å². The van der Waals surface area contributed by atoms with E-state index >= 15 is 0 Å². The molecule has 32 heavy (non-hydrogen) atoms. The molecular formula is C23H22N4O4S. The maximum atomic E-state index is 13.0. The number of imide groups is 1. The minimum atomic E-state index is -0.471. The first-order chi connectivity index (χ1) is 15.5. The second kappa shape index (κ2) is 9.27. The van der Waals surface area contributed by atoms with Crippen LogP contribution in [0.15, 0.2) is 42.5 Å². The number of amides is 3. The van der Waals surface area contributed by atoms with E-state index in [1.54, 1.807) is 24.3 Å². The summed E-state index contributed by atoms with van der Waals surface area (Å²) in [5.74, 6) is -0.653. The molecule has 3 amide bonds. The summed E-state index contributed by atoms with van der Waals surface area (Å²) in [5, 5.41) is 12.1. The van der Waals surface area contributed by atoms with Gasteiger partial charge in [-0.25, -0.2) is 4.90 Å². The van der Waals surface area contributed by atoms with Crippen LogP contribution < -0.4 is 15.0 Å². The van der Waals surface area contributed by atoms with Gasteiger partial charge in [-0.15, -0.1) is 10.2 Å². The lowest BCUT2D eigenvalue weighted by Crippen LogP contribution is -2.29. The number of carbonyl (C=O) groups excluding carboxylic acids is 3. The average molecular weight is 451 g/mol. The summed E-state index contributed by atoms with van der Waals surface area (Å²) in [4.78, 5) is 39.6. The Kier molecular flexibility index (Phi) is 6.27.